The summed E-state index contributed by atoms with van der Waals surface area (Å²) in [6.07, 6.45) is 0. The highest BCUT2D eigenvalue weighted by Gasteiger charge is 2.01. The summed E-state index contributed by atoms with van der Waals surface area (Å²) in [6.45, 7) is 4.90. The maximum Gasteiger partial charge on any atom is 0.234 e. The molecule has 15 heavy (non-hydrogen) atoms. The molecule has 0 aliphatic carbocycles. The molecule has 0 bridgehead atoms. The minimum absolute atomic E-state index is 0.0455. The lowest BCUT2D eigenvalue weighted by Crippen LogP contribution is -2.29. The second kappa shape index (κ2) is 5.51. The summed E-state index contributed by atoms with van der Waals surface area (Å²) in [7, 11) is 0. The monoisotopic (exact) mass is 206 g/mol. The molecule has 0 radical (unpaired) electrons. The molecular formula is C12H18N2O. The van der Waals surface area contributed by atoms with E-state index in [-0.39, 0.29) is 12.5 Å². The molecule has 0 saturated heterocycles. The van der Waals surface area contributed by atoms with Crippen LogP contribution in [0.4, 0.5) is 0 Å². The van der Waals surface area contributed by atoms with Crippen molar-refractivity contribution in [3.8, 4) is 0 Å². The van der Waals surface area contributed by atoms with E-state index in [1.54, 1.807) is 0 Å². The van der Waals surface area contributed by atoms with E-state index in [2.05, 4.69) is 31.3 Å². The molecule has 1 aromatic carbocycles. The quantitative estimate of drug-likeness (QED) is 0.782. The predicted octanol–water partition coefficient (Wildman–Crippen LogP) is 1.38. The van der Waals surface area contributed by atoms with Crippen molar-refractivity contribution in [2.45, 2.75) is 26.3 Å². The van der Waals surface area contributed by atoms with Crippen LogP contribution in [-0.4, -0.2) is 12.5 Å². The molecule has 1 amide bonds. The standard InChI is InChI=1S/C12H18N2O/c1-9(2)11-5-3-4-10(6-11)8-14-12(15)7-13/h3-6,9H,7-8,13H2,1-2H3,(H,14,15). The van der Waals surface area contributed by atoms with E-state index in [0.29, 0.717) is 12.5 Å². The lowest BCUT2D eigenvalue weighted by molar-refractivity contribution is -0.119. The van der Waals surface area contributed by atoms with E-state index in [9.17, 15) is 4.79 Å². The van der Waals surface area contributed by atoms with Crippen LogP contribution < -0.4 is 11.1 Å². The van der Waals surface area contributed by atoms with Crippen molar-refractivity contribution in [1.29, 1.82) is 0 Å². The van der Waals surface area contributed by atoms with Crippen molar-refractivity contribution in [2.24, 2.45) is 5.73 Å². The number of nitrogens with one attached hydrogen (secondary N) is 1. The molecule has 0 fully saturated rings. The van der Waals surface area contributed by atoms with E-state index in [1.165, 1.54) is 5.56 Å². The fourth-order valence-corrected chi connectivity index (χ4v) is 1.34. The smallest absolute Gasteiger partial charge is 0.234 e. The third kappa shape index (κ3) is 3.72. The Labute approximate surface area is 90.7 Å². The molecule has 0 spiro atoms. The molecular weight excluding hydrogens is 188 g/mol. The zero-order chi connectivity index (χ0) is 11.3. The molecule has 0 aromatic heterocycles. The molecule has 0 atom stereocenters. The van der Waals surface area contributed by atoms with Crippen LogP contribution in [0.5, 0.6) is 0 Å². The molecule has 0 saturated carbocycles. The van der Waals surface area contributed by atoms with Gasteiger partial charge in [0.2, 0.25) is 5.91 Å². The largest absolute Gasteiger partial charge is 0.351 e. The van der Waals surface area contributed by atoms with Crippen molar-refractivity contribution < 1.29 is 4.79 Å². The fraction of sp³-hybridized carbons (Fsp3) is 0.417. The van der Waals surface area contributed by atoms with Gasteiger partial charge in [-0.3, -0.25) is 4.79 Å². The van der Waals surface area contributed by atoms with Gasteiger partial charge in [-0.05, 0) is 17.0 Å². The highest BCUT2D eigenvalue weighted by atomic mass is 16.1. The van der Waals surface area contributed by atoms with E-state index < -0.39 is 0 Å². The Morgan fingerprint density at radius 1 is 1.47 bits per heavy atom. The summed E-state index contributed by atoms with van der Waals surface area (Å²) in [4.78, 5) is 11.0. The lowest BCUT2D eigenvalue weighted by Gasteiger charge is -2.08. The second-order valence-electron chi connectivity index (χ2n) is 3.88. The van der Waals surface area contributed by atoms with Gasteiger partial charge in [0.25, 0.3) is 0 Å². The number of rotatable bonds is 4. The van der Waals surface area contributed by atoms with E-state index in [1.807, 2.05) is 12.1 Å². The van der Waals surface area contributed by atoms with Crippen LogP contribution in [0.1, 0.15) is 30.9 Å². The Morgan fingerprint density at radius 3 is 2.80 bits per heavy atom. The highest BCUT2D eigenvalue weighted by molar-refractivity contribution is 5.77. The summed E-state index contributed by atoms with van der Waals surface area (Å²) in [6, 6.07) is 8.22. The topological polar surface area (TPSA) is 55.1 Å². The number of hydrogen-bond donors (Lipinski definition) is 2. The Balaban J connectivity index is 2.61. The molecule has 0 aliphatic rings. The van der Waals surface area contributed by atoms with Gasteiger partial charge in [-0.1, -0.05) is 38.1 Å². The molecule has 0 aliphatic heterocycles. The van der Waals surface area contributed by atoms with Crippen molar-refractivity contribution >= 4 is 5.91 Å². The number of hydrogen-bond acceptors (Lipinski definition) is 2. The van der Waals surface area contributed by atoms with Crippen molar-refractivity contribution in [1.82, 2.24) is 5.32 Å². The summed E-state index contributed by atoms with van der Waals surface area (Å²) in [5.74, 6) is 0.389. The Morgan fingerprint density at radius 2 is 2.20 bits per heavy atom. The van der Waals surface area contributed by atoms with Crippen LogP contribution in [0, 0.1) is 0 Å². The van der Waals surface area contributed by atoms with E-state index in [4.69, 9.17) is 5.73 Å². The van der Waals surface area contributed by atoms with Gasteiger partial charge in [-0.2, -0.15) is 0 Å². The second-order valence-corrected chi connectivity index (χ2v) is 3.88. The first kappa shape index (κ1) is 11.7. The molecule has 0 heterocycles. The Hall–Kier alpha value is -1.35. The summed E-state index contributed by atoms with van der Waals surface area (Å²) >= 11 is 0. The number of carbonyl (C=O) groups excluding carboxylic acids is 1. The lowest BCUT2D eigenvalue weighted by atomic mass is 10.0. The van der Waals surface area contributed by atoms with Crippen LogP contribution in [0.2, 0.25) is 0 Å². The average molecular weight is 206 g/mol. The van der Waals surface area contributed by atoms with E-state index >= 15 is 0 Å². The molecule has 1 rings (SSSR count). The Kier molecular flexibility index (Phi) is 4.31. The molecule has 1 aromatic rings. The minimum atomic E-state index is -0.120. The highest BCUT2D eigenvalue weighted by Crippen LogP contribution is 2.15. The van der Waals surface area contributed by atoms with Gasteiger partial charge < -0.3 is 11.1 Å². The van der Waals surface area contributed by atoms with Crippen LogP contribution >= 0.6 is 0 Å². The van der Waals surface area contributed by atoms with Gasteiger partial charge in [-0.15, -0.1) is 0 Å². The molecule has 0 unspecified atom stereocenters. The van der Waals surface area contributed by atoms with Crippen LogP contribution in [-0.2, 0) is 11.3 Å². The van der Waals surface area contributed by atoms with Crippen molar-refractivity contribution in [3.63, 3.8) is 0 Å². The van der Waals surface area contributed by atoms with E-state index in [0.717, 1.165) is 5.56 Å². The minimum Gasteiger partial charge on any atom is -0.351 e. The van der Waals surface area contributed by atoms with Crippen LogP contribution in [0.25, 0.3) is 0 Å². The fourth-order valence-electron chi connectivity index (χ4n) is 1.34. The van der Waals surface area contributed by atoms with Gasteiger partial charge in [-0.25, -0.2) is 0 Å². The zero-order valence-corrected chi connectivity index (χ0v) is 9.29. The third-order valence-corrected chi connectivity index (χ3v) is 2.29. The first-order valence-electron chi connectivity index (χ1n) is 5.19. The van der Waals surface area contributed by atoms with Gasteiger partial charge in [0.05, 0.1) is 6.54 Å². The van der Waals surface area contributed by atoms with Gasteiger partial charge in [0.1, 0.15) is 0 Å². The van der Waals surface area contributed by atoms with Crippen LogP contribution in [0.3, 0.4) is 0 Å². The van der Waals surface area contributed by atoms with Gasteiger partial charge in [0, 0.05) is 6.54 Å². The molecule has 82 valence electrons. The number of benzene rings is 1. The van der Waals surface area contributed by atoms with Crippen LogP contribution in [0.15, 0.2) is 24.3 Å². The summed E-state index contributed by atoms with van der Waals surface area (Å²) in [5.41, 5.74) is 7.60. The number of carbonyl (C=O) groups is 1. The summed E-state index contributed by atoms with van der Waals surface area (Å²) in [5, 5.41) is 2.75. The first-order chi connectivity index (χ1) is 7.13. The maximum absolute atomic E-state index is 11.0. The third-order valence-electron chi connectivity index (χ3n) is 2.29. The average Bonchev–Trinajstić information content (AvgIpc) is 2.26. The first-order valence-corrected chi connectivity index (χ1v) is 5.19. The molecule has 3 heteroatoms. The predicted molar refractivity (Wildman–Crippen MR) is 61.4 cm³/mol. The SMILES string of the molecule is CC(C)c1cccc(CNC(=O)CN)c1. The number of nitrogens with two attached hydrogens (primary N) is 1. The zero-order valence-electron chi connectivity index (χ0n) is 9.29. The number of amides is 1. The van der Waals surface area contributed by atoms with Crippen molar-refractivity contribution in [2.75, 3.05) is 6.54 Å². The molecule has 3 N–H and O–H groups in total. The van der Waals surface area contributed by atoms with Gasteiger partial charge in [0.15, 0.2) is 0 Å². The molecule has 3 nitrogen and oxygen atoms in total. The van der Waals surface area contributed by atoms with Crippen molar-refractivity contribution in [3.05, 3.63) is 35.4 Å². The van der Waals surface area contributed by atoms with Gasteiger partial charge >= 0.3 is 0 Å². The summed E-state index contributed by atoms with van der Waals surface area (Å²) < 4.78 is 0. The maximum atomic E-state index is 11.0. The normalized spacial score (nSPS) is 10.4. The Bertz CT molecular complexity index is 334.